The molecule has 4 heteroatoms. The van der Waals surface area contributed by atoms with Crippen LogP contribution >= 0.6 is 0 Å². The Morgan fingerprint density at radius 3 is 2.02 bits per heavy atom. The predicted molar refractivity (Wildman–Crippen MR) is 216 cm³/mol. The van der Waals surface area contributed by atoms with Crippen LogP contribution in [0.2, 0.25) is 0 Å². The minimum Gasteiger partial charge on any atom is -0.507 e. The molecule has 0 saturated heterocycles. The number of anilines is 1. The number of rotatable bonds is 5. The monoisotopic (exact) mass is 679 g/mol. The van der Waals surface area contributed by atoms with E-state index in [0.717, 1.165) is 51.3 Å². The normalized spacial score (nSPS) is 15.3. The molecule has 4 aromatic carbocycles. The number of phenolic OH excluding ortho intramolecular Hbond substituents is 1. The first-order valence-corrected chi connectivity index (χ1v) is 18.2. The van der Waals surface area contributed by atoms with Crippen molar-refractivity contribution < 1.29 is 5.11 Å². The highest BCUT2D eigenvalue weighted by Gasteiger charge is 2.30. The summed E-state index contributed by atoms with van der Waals surface area (Å²) < 4.78 is 0. The topological polar surface area (TPSA) is 58.0 Å². The lowest BCUT2D eigenvalue weighted by molar-refractivity contribution is 0.477. The number of hydrogen-bond acceptors (Lipinski definition) is 4. The van der Waals surface area contributed by atoms with E-state index in [1.165, 1.54) is 33.6 Å². The van der Waals surface area contributed by atoms with Crippen molar-refractivity contribution in [3.05, 3.63) is 162 Å². The fourth-order valence-corrected chi connectivity index (χ4v) is 7.39. The third kappa shape index (κ3) is 6.34. The van der Waals surface area contributed by atoms with E-state index >= 15 is 0 Å². The van der Waals surface area contributed by atoms with E-state index in [1.807, 2.05) is 24.4 Å². The standard InChI is InChI=1S/C48H45N3O/c1-47(2,3)35-24-33(25-36(29-35)48(4,5)6)34-27-43(50-44(28-34)40-16-8-10-20-45(40)52)32-14-11-13-31(23-32)42-26-30(21-22-49-42)37-17-12-18-39-38-15-7-9-19-41(38)51-46(37)39/h7-17,19-29,39,51-52H,18H2,1-6H3. The average Bonchev–Trinajstić information content (AvgIpc) is 3.53. The van der Waals surface area contributed by atoms with Gasteiger partial charge in [-0.1, -0.05) is 120 Å². The minimum absolute atomic E-state index is 0.0226. The van der Waals surface area contributed by atoms with Gasteiger partial charge < -0.3 is 10.4 Å². The van der Waals surface area contributed by atoms with Crippen LogP contribution in [0.25, 0.3) is 50.5 Å². The Kier molecular flexibility index (Phi) is 8.22. The molecular weight excluding hydrogens is 635 g/mol. The van der Waals surface area contributed by atoms with Gasteiger partial charge in [0.15, 0.2) is 0 Å². The summed E-state index contributed by atoms with van der Waals surface area (Å²) in [4.78, 5) is 10.0. The molecule has 0 radical (unpaired) electrons. The second-order valence-electron chi connectivity index (χ2n) is 16.2. The van der Waals surface area contributed by atoms with E-state index in [9.17, 15) is 5.11 Å². The number of para-hydroxylation sites is 2. The zero-order valence-corrected chi connectivity index (χ0v) is 30.8. The third-order valence-corrected chi connectivity index (χ3v) is 10.4. The van der Waals surface area contributed by atoms with Crippen LogP contribution in [0.1, 0.15) is 76.1 Å². The molecule has 1 aliphatic carbocycles. The summed E-state index contributed by atoms with van der Waals surface area (Å²) in [6.07, 6.45) is 7.44. The number of benzene rings is 4. The second kappa shape index (κ2) is 12.8. The Bertz CT molecular complexity index is 2370. The van der Waals surface area contributed by atoms with Gasteiger partial charge in [0.1, 0.15) is 5.75 Å². The van der Waals surface area contributed by atoms with E-state index in [2.05, 4.69) is 150 Å². The smallest absolute Gasteiger partial charge is 0.124 e. The number of fused-ring (bicyclic) bond motifs is 3. The number of aromatic nitrogens is 2. The SMILES string of the molecule is CC(C)(C)c1cc(-c2cc(-c3cccc(-c4cc(C5=C6Nc7ccccc7C6CC=C5)ccn4)c3)nc(-c3ccccc3O)c2)cc(C(C)(C)C)c1. The Balaban J connectivity index is 1.23. The molecule has 6 aromatic rings. The van der Waals surface area contributed by atoms with Gasteiger partial charge in [0, 0.05) is 45.8 Å². The van der Waals surface area contributed by atoms with E-state index in [-0.39, 0.29) is 16.6 Å². The maximum absolute atomic E-state index is 11.0. The van der Waals surface area contributed by atoms with Crippen molar-refractivity contribution in [2.24, 2.45) is 0 Å². The minimum atomic E-state index is -0.0226. The molecule has 1 unspecified atom stereocenters. The third-order valence-electron chi connectivity index (χ3n) is 10.4. The quantitative estimate of drug-likeness (QED) is 0.190. The van der Waals surface area contributed by atoms with Crippen molar-refractivity contribution in [2.75, 3.05) is 5.32 Å². The van der Waals surface area contributed by atoms with Gasteiger partial charge in [-0.3, -0.25) is 4.98 Å². The second-order valence-corrected chi connectivity index (χ2v) is 16.2. The lowest BCUT2D eigenvalue weighted by atomic mass is 9.79. The molecule has 3 heterocycles. The number of nitrogens with zero attached hydrogens (tertiary/aromatic N) is 2. The summed E-state index contributed by atoms with van der Waals surface area (Å²) >= 11 is 0. The van der Waals surface area contributed by atoms with Crippen molar-refractivity contribution in [3.8, 4) is 50.6 Å². The Morgan fingerprint density at radius 1 is 0.615 bits per heavy atom. The van der Waals surface area contributed by atoms with Crippen LogP contribution in [-0.4, -0.2) is 15.1 Å². The molecular formula is C48H45N3O. The molecule has 0 bridgehead atoms. The van der Waals surface area contributed by atoms with Gasteiger partial charge >= 0.3 is 0 Å². The van der Waals surface area contributed by atoms with Crippen LogP contribution in [0, 0.1) is 0 Å². The first-order chi connectivity index (χ1) is 24.9. The zero-order valence-electron chi connectivity index (χ0n) is 30.8. The summed E-state index contributed by atoms with van der Waals surface area (Å²) in [5.74, 6) is 0.553. The summed E-state index contributed by atoms with van der Waals surface area (Å²) in [5.41, 5.74) is 16.1. The summed E-state index contributed by atoms with van der Waals surface area (Å²) in [6, 6.07) is 40.1. The Morgan fingerprint density at radius 2 is 1.27 bits per heavy atom. The molecule has 258 valence electrons. The van der Waals surface area contributed by atoms with Crippen molar-refractivity contribution in [3.63, 3.8) is 0 Å². The molecule has 1 atom stereocenters. The molecule has 0 fully saturated rings. The molecule has 4 nitrogen and oxygen atoms in total. The van der Waals surface area contributed by atoms with Gasteiger partial charge in [-0.05, 0) is 99.2 Å². The summed E-state index contributed by atoms with van der Waals surface area (Å²) in [6.45, 7) is 13.6. The zero-order chi connectivity index (χ0) is 36.2. The van der Waals surface area contributed by atoms with Gasteiger partial charge in [-0.15, -0.1) is 0 Å². The summed E-state index contributed by atoms with van der Waals surface area (Å²) in [5, 5.41) is 14.7. The fourth-order valence-electron chi connectivity index (χ4n) is 7.39. The number of nitrogens with one attached hydrogen (secondary N) is 1. The van der Waals surface area contributed by atoms with Gasteiger partial charge in [0.25, 0.3) is 0 Å². The lowest BCUT2D eigenvalue weighted by Crippen LogP contribution is -2.16. The highest BCUT2D eigenvalue weighted by atomic mass is 16.3. The molecule has 0 spiro atoms. The van der Waals surface area contributed by atoms with Crippen molar-refractivity contribution in [2.45, 2.75) is 64.7 Å². The highest BCUT2D eigenvalue weighted by molar-refractivity contribution is 5.87. The molecule has 8 rings (SSSR count). The lowest BCUT2D eigenvalue weighted by Gasteiger charge is -2.26. The van der Waals surface area contributed by atoms with Gasteiger partial charge in [-0.2, -0.15) is 0 Å². The highest BCUT2D eigenvalue weighted by Crippen LogP contribution is 2.46. The number of allylic oxidation sites excluding steroid dienone is 4. The fraction of sp³-hybridized carbons (Fsp3) is 0.208. The average molecular weight is 680 g/mol. The molecule has 2 aliphatic rings. The maximum Gasteiger partial charge on any atom is 0.124 e. The van der Waals surface area contributed by atoms with Crippen LogP contribution in [0.3, 0.4) is 0 Å². The van der Waals surface area contributed by atoms with E-state index in [1.54, 1.807) is 6.07 Å². The molecule has 0 amide bonds. The predicted octanol–water partition coefficient (Wildman–Crippen LogP) is 12.3. The van der Waals surface area contributed by atoms with E-state index in [0.29, 0.717) is 11.5 Å². The maximum atomic E-state index is 11.0. The van der Waals surface area contributed by atoms with Crippen LogP contribution in [0.5, 0.6) is 5.75 Å². The van der Waals surface area contributed by atoms with Crippen LogP contribution < -0.4 is 5.32 Å². The molecule has 0 saturated carbocycles. The Labute approximate surface area is 307 Å². The van der Waals surface area contributed by atoms with E-state index < -0.39 is 0 Å². The first kappa shape index (κ1) is 33.4. The number of hydrogen-bond donors (Lipinski definition) is 2. The van der Waals surface area contributed by atoms with Gasteiger partial charge in [-0.25, -0.2) is 4.98 Å². The molecule has 2 aromatic heterocycles. The van der Waals surface area contributed by atoms with Crippen molar-refractivity contribution >= 4 is 11.3 Å². The largest absolute Gasteiger partial charge is 0.507 e. The van der Waals surface area contributed by atoms with Gasteiger partial charge in [0.2, 0.25) is 0 Å². The van der Waals surface area contributed by atoms with Gasteiger partial charge in [0.05, 0.1) is 17.1 Å². The number of aromatic hydroxyl groups is 1. The van der Waals surface area contributed by atoms with Crippen molar-refractivity contribution in [1.29, 1.82) is 0 Å². The summed E-state index contributed by atoms with van der Waals surface area (Å²) in [7, 11) is 0. The molecule has 1 aliphatic heterocycles. The number of pyridine rings is 2. The first-order valence-electron chi connectivity index (χ1n) is 18.2. The van der Waals surface area contributed by atoms with Crippen molar-refractivity contribution in [1.82, 2.24) is 9.97 Å². The van der Waals surface area contributed by atoms with Crippen LogP contribution in [0.15, 0.2) is 139 Å². The van der Waals surface area contributed by atoms with Crippen LogP contribution in [0.4, 0.5) is 5.69 Å². The van der Waals surface area contributed by atoms with Crippen LogP contribution in [-0.2, 0) is 10.8 Å². The molecule has 2 N–H and O–H groups in total. The van der Waals surface area contributed by atoms with E-state index in [4.69, 9.17) is 9.97 Å². The molecule has 52 heavy (non-hydrogen) atoms. The number of phenols is 1. The Hall–Kier alpha value is -5.74.